The third-order valence-electron chi connectivity index (χ3n) is 3.23. The summed E-state index contributed by atoms with van der Waals surface area (Å²) in [5.74, 6) is -1.49. The number of rotatable bonds is 5. The van der Waals surface area contributed by atoms with Crippen molar-refractivity contribution >= 4 is 50.9 Å². The van der Waals surface area contributed by atoms with E-state index in [1.807, 2.05) is 0 Å². The summed E-state index contributed by atoms with van der Waals surface area (Å²) in [6.07, 6.45) is 0. The van der Waals surface area contributed by atoms with Gasteiger partial charge in [-0.2, -0.15) is 0 Å². The first-order valence-electron chi connectivity index (χ1n) is 6.97. The van der Waals surface area contributed by atoms with Crippen molar-refractivity contribution < 1.29 is 27.5 Å². The molecule has 10 heteroatoms. The third kappa shape index (κ3) is 4.46. The van der Waals surface area contributed by atoms with E-state index in [1.54, 1.807) is 0 Å². The molecule has 0 spiro atoms. The molecule has 2 aromatic carbocycles. The fraction of sp³-hybridized carbons (Fsp3) is 0.125. The number of nitrogens with one attached hydrogen (secondary N) is 1. The van der Waals surface area contributed by atoms with E-state index in [0.717, 1.165) is 14.2 Å². The van der Waals surface area contributed by atoms with Crippen LogP contribution in [0.25, 0.3) is 0 Å². The number of carbonyl (C=O) groups is 2. The lowest BCUT2D eigenvalue weighted by molar-refractivity contribution is 0.0599. The summed E-state index contributed by atoms with van der Waals surface area (Å²) in [6.45, 7) is 0. The zero-order chi connectivity index (χ0) is 19.5. The van der Waals surface area contributed by atoms with Gasteiger partial charge in [0, 0.05) is 0 Å². The first-order valence-corrected chi connectivity index (χ1v) is 9.21. The molecule has 0 aliphatic rings. The zero-order valence-electron chi connectivity index (χ0n) is 13.6. The van der Waals surface area contributed by atoms with Crippen LogP contribution in [-0.4, -0.2) is 34.6 Å². The molecular weight excluding hydrogens is 405 g/mol. The Morgan fingerprint density at radius 1 is 0.885 bits per heavy atom. The van der Waals surface area contributed by atoms with Gasteiger partial charge in [0.05, 0.1) is 46.0 Å². The molecule has 7 nitrogen and oxygen atoms in total. The summed E-state index contributed by atoms with van der Waals surface area (Å²) in [5.41, 5.74) is -0.0798. The molecule has 0 aliphatic heterocycles. The second-order valence-corrected chi connectivity index (χ2v) is 7.46. The van der Waals surface area contributed by atoms with Crippen LogP contribution in [0.3, 0.4) is 0 Å². The molecule has 0 radical (unpaired) electrons. The average molecular weight is 418 g/mol. The van der Waals surface area contributed by atoms with Gasteiger partial charge in [0.2, 0.25) is 0 Å². The van der Waals surface area contributed by atoms with Crippen LogP contribution in [0, 0.1) is 0 Å². The molecule has 138 valence electrons. The van der Waals surface area contributed by atoms with Gasteiger partial charge in [-0.15, -0.1) is 0 Å². The second kappa shape index (κ2) is 7.94. The lowest BCUT2D eigenvalue weighted by Crippen LogP contribution is -2.15. The van der Waals surface area contributed by atoms with Crippen molar-refractivity contribution in [2.24, 2.45) is 0 Å². The quantitative estimate of drug-likeness (QED) is 0.748. The Balaban J connectivity index is 2.48. The fourth-order valence-corrected chi connectivity index (χ4v) is 3.44. The van der Waals surface area contributed by atoms with E-state index < -0.39 is 22.0 Å². The minimum absolute atomic E-state index is 0.0257. The molecule has 0 aliphatic carbocycles. The normalized spacial score (nSPS) is 10.9. The van der Waals surface area contributed by atoms with Crippen molar-refractivity contribution in [1.82, 2.24) is 0 Å². The minimum atomic E-state index is -4.05. The molecule has 0 atom stereocenters. The first kappa shape index (κ1) is 20.0. The molecule has 0 saturated carbocycles. The smallest absolute Gasteiger partial charge is 0.337 e. The number of anilines is 1. The van der Waals surface area contributed by atoms with Crippen molar-refractivity contribution in [1.29, 1.82) is 0 Å². The molecule has 0 fully saturated rings. The summed E-state index contributed by atoms with van der Waals surface area (Å²) < 4.78 is 36.5. The van der Waals surface area contributed by atoms with Crippen LogP contribution in [0.2, 0.25) is 10.0 Å². The number of hydrogen-bond acceptors (Lipinski definition) is 6. The maximum Gasteiger partial charge on any atom is 0.337 e. The van der Waals surface area contributed by atoms with Crippen molar-refractivity contribution in [2.75, 3.05) is 18.9 Å². The molecule has 26 heavy (non-hydrogen) atoms. The minimum Gasteiger partial charge on any atom is -0.465 e. The summed E-state index contributed by atoms with van der Waals surface area (Å²) in [7, 11) is -1.73. The van der Waals surface area contributed by atoms with Crippen molar-refractivity contribution in [3.05, 3.63) is 57.6 Å². The number of hydrogen-bond donors (Lipinski definition) is 1. The van der Waals surface area contributed by atoms with Crippen molar-refractivity contribution in [3.63, 3.8) is 0 Å². The zero-order valence-corrected chi connectivity index (χ0v) is 15.9. The lowest BCUT2D eigenvalue weighted by Gasteiger charge is -2.11. The van der Waals surface area contributed by atoms with Crippen LogP contribution >= 0.6 is 23.2 Å². The van der Waals surface area contributed by atoms with Crippen LogP contribution in [0.15, 0.2) is 41.3 Å². The molecule has 1 N–H and O–H groups in total. The number of sulfonamides is 1. The predicted molar refractivity (Wildman–Crippen MR) is 96.4 cm³/mol. The highest BCUT2D eigenvalue weighted by Crippen LogP contribution is 2.26. The first-order chi connectivity index (χ1) is 12.2. The van der Waals surface area contributed by atoms with Gasteiger partial charge in [0.15, 0.2) is 0 Å². The van der Waals surface area contributed by atoms with Gasteiger partial charge in [-0.3, -0.25) is 4.72 Å². The van der Waals surface area contributed by atoms with Crippen LogP contribution in [-0.2, 0) is 19.5 Å². The Labute approximate surface area is 159 Å². The highest BCUT2D eigenvalue weighted by molar-refractivity contribution is 7.92. The molecule has 2 rings (SSSR count). The Hall–Kier alpha value is -2.29. The number of halogens is 2. The van der Waals surface area contributed by atoms with Gasteiger partial charge in [0.25, 0.3) is 10.0 Å². The number of carbonyl (C=O) groups excluding carboxylic acids is 2. The molecule has 2 aromatic rings. The van der Waals surface area contributed by atoms with Crippen LogP contribution in [0.4, 0.5) is 5.69 Å². The van der Waals surface area contributed by atoms with Gasteiger partial charge in [-0.05, 0) is 36.4 Å². The highest BCUT2D eigenvalue weighted by Gasteiger charge is 2.19. The predicted octanol–water partition coefficient (Wildman–Crippen LogP) is 3.37. The maximum atomic E-state index is 12.5. The SMILES string of the molecule is COC(=O)c1cc(NS(=O)(=O)c2ccc(Cl)c(Cl)c2)cc(C(=O)OC)c1. The van der Waals surface area contributed by atoms with Crippen LogP contribution < -0.4 is 4.72 Å². The monoisotopic (exact) mass is 417 g/mol. The van der Waals surface area contributed by atoms with E-state index in [2.05, 4.69) is 14.2 Å². The third-order valence-corrected chi connectivity index (χ3v) is 5.35. The molecule has 0 heterocycles. The van der Waals surface area contributed by atoms with Gasteiger partial charge in [-0.25, -0.2) is 18.0 Å². The molecule has 0 aromatic heterocycles. The molecule has 0 unspecified atom stereocenters. The van der Waals surface area contributed by atoms with E-state index in [9.17, 15) is 18.0 Å². The summed E-state index contributed by atoms with van der Waals surface area (Å²) in [4.78, 5) is 23.4. The van der Waals surface area contributed by atoms with E-state index in [4.69, 9.17) is 23.2 Å². The van der Waals surface area contributed by atoms with E-state index >= 15 is 0 Å². The number of benzene rings is 2. The Bertz CT molecular complexity index is 940. The summed E-state index contributed by atoms with van der Waals surface area (Å²) in [6, 6.07) is 7.47. The van der Waals surface area contributed by atoms with Gasteiger partial charge < -0.3 is 9.47 Å². The Morgan fingerprint density at radius 3 is 1.88 bits per heavy atom. The topological polar surface area (TPSA) is 98.8 Å². The lowest BCUT2D eigenvalue weighted by atomic mass is 10.1. The molecule has 0 bridgehead atoms. The molecule has 0 saturated heterocycles. The Morgan fingerprint density at radius 2 is 1.42 bits per heavy atom. The summed E-state index contributed by atoms with van der Waals surface area (Å²) in [5, 5.41) is 0.263. The van der Waals surface area contributed by atoms with E-state index in [0.29, 0.717) is 0 Å². The summed E-state index contributed by atoms with van der Waals surface area (Å²) >= 11 is 11.6. The van der Waals surface area contributed by atoms with E-state index in [-0.39, 0.29) is 31.8 Å². The molecule has 0 amide bonds. The number of ether oxygens (including phenoxy) is 2. The standard InChI is InChI=1S/C16H13Cl2NO6S/c1-24-15(20)9-5-10(16(21)25-2)7-11(6-9)19-26(22,23)12-3-4-13(17)14(18)8-12/h3-8,19H,1-2H3. The van der Waals surface area contributed by atoms with Crippen molar-refractivity contribution in [3.8, 4) is 0 Å². The van der Waals surface area contributed by atoms with Gasteiger partial charge >= 0.3 is 11.9 Å². The fourth-order valence-electron chi connectivity index (χ4n) is 2.02. The Kier molecular flexibility index (Phi) is 6.12. The van der Waals surface area contributed by atoms with Crippen molar-refractivity contribution in [2.45, 2.75) is 4.90 Å². The average Bonchev–Trinajstić information content (AvgIpc) is 2.61. The van der Waals surface area contributed by atoms with Crippen LogP contribution in [0.5, 0.6) is 0 Å². The number of methoxy groups -OCH3 is 2. The second-order valence-electron chi connectivity index (χ2n) is 4.96. The number of esters is 2. The highest BCUT2D eigenvalue weighted by atomic mass is 35.5. The van der Waals surface area contributed by atoms with Crippen LogP contribution in [0.1, 0.15) is 20.7 Å². The van der Waals surface area contributed by atoms with Gasteiger partial charge in [-0.1, -0.05) is 23.2 Å². The molecular formula is C16H13Cl2NO6S. The maximum absolute atomic E-state index is 12.5. The van der Waals surface area contributed by atoms with E-state index in [1.165, 1.54) is 36.4 Å². The van der Waals surface area contributed by atoms with Gasteiger partial charge in [0.1, 0.15) is 0 Å². The largest absolute Gasteiger partial charge is 0.465 e.